The first-order valence-electron chi connectivity index (χ1n) is 10.1. The number of likely N-dealkylation sites (tertiary alicyclic amines) is 1. The third kappa shape index (κ3) is 4.33. The Morgan fingerprint density at radius 3 is 2.54 bits per heavy atom. The molecule has 1 aliphatic rings. The van der Waals surface area contributed by atoms with Crippen LogP contribution in [0, 0.1) is 6.92 Å². The quantitative estimate of drug-likeness (QED) is 0.633. The molecule has 3 aromatic rings. The van der Waals surface area contributed by atoms with Crippen LogP contribution in [0.1, 0.15) is 35.4 Å². The zero-order valence-electron chi connectivity index (χ0n) is 16.4. The Morgan fingerprint density at radius 2 is 1.75 bits per heavy atom. The van der Waals surface area contributed by atoms with Gasteiger partial charge in [-0.2, -0.15) is 0 Å². The normalized spacial score (nSPS) is 13.8. The zero-order chi connectivity index (χ0) is 19.3. The number of aryl methyl sites for hydroxylation is 3. The first-order valence-corrected chi connectivity index (χ1v) is 10.1. The molecule has 0 atom stereocenters. The van der Waals surface area contributed by atoms with Crippen molar-refractivity contribution in [1.29, 1.82) is 0 Å². The van der Waals surface area contributed by atoms with Gasteiger partial charge in [-0.1, -0.05) is 42.5 Å². The van der Waals surface area contributed by atoms with Gasteiger partial charge in [0.2, 0.25) is 11.8 Å². The van der Waals surface area contributed by atoms with Crippen molar-refractivity contribution >= 4 is 5.91 Å². The summed E-state index contributed by atoms with van der Waals surface area (Å²) >= 11 is 0. The van der Waals surface area contributed by atoms with E-state index in [0.717, 1.165) is 61.4 Å². The molecule has 1 aromatic heterocycles. The fourth-order valence-electron chi connectivity index (χ4n) is 3.77. The molecule has 0 aliphatic carbocycles. The molecular weight excluding hydrogens is 348 g/mol. The standard InChI is InChI=1S/C24H26N2O2/c1-18-22(25-24(28-18)21-10-3-2-4-11-21)13-12-19-8-7-9-20(16-19)17-23(27)26-14-5-6-15-26/h2-4,7-11,16H,5-6,12-15,17H2,1H3. The van der Waals surface area contributed by atoms with E-state index in [1.54, 1.807) is 0 Å². The highest BCUT2D eigenvalue weighted by atomic mass is 16.4. The SMILES string of the molecule is Cc1oc(-c2ccccc2)nc1CCc1cccc(CC(=O)N2CCCC2)c1. The molecule has 0 radical (unpaired) electrons. The lowest BCUT2D eigenvalue weighted by molar-refractivity contribution is -0.129. The Morgan fingerprint density at radius 1 is 1.00 bits per heavy atom. The van der Waals surface area contributed by atoms with Crippen molar-refractivity contribution < 1.29 is 9.21 Å². The molecule has 2 heterocycles. The molecular formula is C24H26N2O2. The van der Waals surface area contributed by atoms with Crippen LogP contribution in [0.25, 0.3) is 11.5 Å². The largest absolute Gasteiger partial charge is 0.441 e. The Kier molecular flexibility index (Phi) is 5.56. The van der Waals surface area contributed by atoms with Crippen LogP contribution in [0.3, 0.4) is 0 Å². The van der Waals surface area contributed by atoms with Crippen LogP contribution in [-0.2, 0) is 24.1 Å². The fourth-order valence-corrected chi connectivity index (χ4v) is 3.77. The summed E-state index contributed by atoms with van der Waals surface area (Å²) in [7, 11) is 0. The Bertz CT molecular complexity index is 940. The van der Waals surface area contributed by atoms with Gasteiger partial charge in [0, 0.05) is 18.7 Å². The molecule has 28 heavy (non-hydrogen) atoms. The van der Waals surface area contributed by atoms with Crippen LogP contribution < -0.4 is 0 Å². The molecule has 4 heteroatoms. The van der Waals surface area contributed by atoms with Gasteiger partial charge in [-0.25, -0.2) is 4.98 Å². The molecule has 0 bridgehead atoms. The molecule has 0 unspecified atom stereocenters. The minimum Gasteiger partial charge on any atom is -0.441 e. The summed E-state index contributed by atoms with van der Waals surface area (Å²) in [6, 6.07) is 18.4. The number of oxazole rings is 1. The van der Waals surface area contributed by atoms with E-state index < -0.39 is 0 Å². The van der Waals surface area contributed by atoms with Gasteiger partial charge in [-0.3, -0.25) is 4.79 Å². The van der Waals surface area contributed by atoms with Crippen molar-refractivity contribution in [1.82, 2.24) is 9.88 Å². The third-order valence-electron chi connectivity index (χ3n) is 5.37. The molecule has 144 valence electrons. The molecule has 4 rings (SSSR count). The lowest BCUT2D eigenvalue weighted by Gasteiger charge is -2.15. The van der Waals surface area contributed by atoms with E-state index in [4.69, 9.17) is 9.40 Å². The van der Waals surface area contributed by atoms with E-state index in [2.05, 4.69) is 12.1 Å². The highest BCUT2D eigenvalue weighted by Gasteiger charge is 2.18. The van der Waals surface area contributed by atoms with Gasteiger partial charge >= 0.3 is 0 Å². The predicted molar refractivity (Wildman–Crippen MR) is 110 cm³/mol. The number of nitrogens with zero attached hydrogens (tertiary/aromatic N) is 2. The molecule has 0 spiro atoms. The van der Waals surface area contributed by atoms with Gasteiger partial charge in [0.25, 0.3) is 0 Å². The maximum absolute atomic E-state index is 12.4. The third-order valence-corrected chi connectivity index (χ3v) is 5.37. The van der Waals surface area contributed by atoms with Crippen molar-refractivity contribution in [2.45, 2.75) is 39.0 Å². The first-order chi connectivity index (χ1) is 13.7. The number of aromatic nitrogens is 1. The van der Waals surface area contributed by atoms with Crippen molar-refractivity contribution in [3.63, 3.8) is 0 Å². The predicted octanol–water partition coefficient (Wildman–Crippen LogP) is 4.60. The lowest BCUT2D eigenvalue weighted by atomic mass is 10.0. The second-order valence-corrected chi connectivity index (χ2v) is 7.47. The Labute approximate surface area is 166 Å². The first kappa shape index (κ1) is 18.5. The zero-order valence-corrected chi connectivity index (χ0v) is 16.4. The fraction of sp³-hybridized carbons (Fsp3) is 0.333. The van der Waals surface area contributed by atoms with Crippen LogP contribution in [0.5, 0.6) is 0 Å². The summed E-state index contributed by atoms with van der Waals surface area (Å²) in [5.74, 6) is 1.80. The van der Waals surface area contributed by atoms with Gasteiger partial charge in [-0.05, 0) is 55.9 Å². The molecule has 4 nitrogen and oxygen atoms in total. The Balaban J connectivity index is 1.40. The van der Waals surface area contributed by atoms with Crippen molar-refractivity contribution in [2.24, 2.45) is 0 Å². The lowest BCUT2D eigenvalue weighted by Crippen LogP contribution is -2.29. The Hall–Kier alpha value is -2.88. The van der Waals surface area contributed by atoms with Crippen molar-refractivity contribution in [2.75, 3.05) is 13.1 Å². The van der Waals surface area contributed by atoms with Crippen LogP contribution in [0.2, 0.25) is 0 Å². The van der Waals surface area contributed by atoms with E-state index in [1.165, 1.54) is 5.56 Å². The highest BCUT2D eigenvalue weighted by Crippen LogP contribution is 2.22. The smallest absolute Gasteiger partial charge is 0.226 e. The monoisotopic (exact) mass is 374 g/mol. The summed E-state index contributed by atoms with van der Waals surface area (Å²) in [6.07, 6.45) is 4.47. The number of rotatable bonds is 6. The molecule has 2 aromatic carbocycles. The average molecular weight is 374 g/mol. The molecule has 1 aliphatic heterocycles. The summed E-state index contributed by atoms with van der Waals surface area (Å²) in [4.78, 5) is 19.1. The summed E-state index contributed by atoms with van der Waals surface area (Å²) < 4.78 is 5.86. The highest BCUT2D eigenvalue weighted by molar-refractivity contribution is 5.79. The second-order valence-electron chi connectivity index (χ2n) is 7.47. The van der Waals surface area contributed by atoms with Crippen LogP contribution >= 0.6 is 0 Å². The van der Waals surface area contributed by atoms with Gasteiger partial charge in [0.1, 0.15) is 5.76 Å². The van der Waals surface area contributed by atoms with Crippen LogP contribution in [0.4, 0.5) is 0 Å². The molecule has 1 amide bonds. The van der Waals surface area contributed by atoms with Gasteiger partial charge in [-0.15, -0.1) is 0 Å². The molecule has 1 fully saturated rings. The van der Waals surface area contributed by atoms with E-state index in [1.807, 2.05) is 54.3 Å². The van der Waals surface area contributed by atoms with E-state index in [9.17, 15) is 4.79 Å². The summed E-state index contributed by atoms with van der Waals surface area (Å²) in [5.41, 5.74) is 4.32. The van der Waals surface area contributed by atoms with Crippen LogP contribution in [-0.4, -0.2) is 28.9 Å². The average Bonchev–Trinajstić information content (AvgIpc) is 3.38. The van der Waals surface area contributed by atoms with E-state index in [-0.39, 0.29) is 5.91 Å². The van der Waals surface area contributed by atoms with Crippen molar-refractivity contribution in [3.05, 3.63) is 77.2 Å². The summed E-state index contributed by atoms with van der Waals surface area (Å²) in [5, 5.41) is 0. The molecule has 0 saturated carbocycles. The number of benzene rings is 2. The minimum atomic E-state index is 0.245. The van der Waals surface area contributed by atoms with Crippen LogP contribution in [0.15, 0.2) is 59.0 Å². The van der Waals surface area contributed by atoms with E-state index >= 15 is 0 Å². The number of amides is 1. The van der Waals surface area contributed by atoms with Gasteiger partial charge < -0.3 is 9.32 Å². The number of carbonyl (C=O) groups excluding carboxylic acids is 1. The molecule has 0 N–H and O–H groups in total. The number of hydrogen-bond donors (Lipinski definition) is 0. The second kappa shape index (κ2) is 8.42. The van der Waals surface area contributed by atoms with Gasteiger partial charge in [0.15, 0.2) is 0 Å². The number of carbonyl (C=O) groups is 1. The van der Waals surface area contributed by atoms with Gasteiger partial charge in [0.05, 0.1) is 12.1 Å². The maximum atomic E-state index is 12.4. The number of hydrogen-bond acceptors (Lipinski definition) is 3. The maximum Gasteiger partial charge on any atom is 0.226 e. The summed E-state index contributed by atoms with van der Waals surface area (Å²) in [6.45, 7) is 3.79. The topological polar surface area (TPSA) is 46.3 Å². The van der Waals surface area contributed by atoms with Crippen molar-refractivity contribution in [3.8, 4) is 11.5 Å². The van der Waals surface area contributed by atoms with E-state index in [0.29, 0.717) is 12.3 Å². The minimum absolute atomic E-state index is 0.245. The molecule has 1 saturated heterocycles.